The fourth-order valence-corrected chi connectivity index (χ4v) is 2.68. The first-order chi connectivity index (χ1) is 8.61. The summed E-state index contributed by atoms with van der Waals surface area (Å²) >= 11 is 0. The lowest BCUT2D eigenvalue weighted by Crippen LogP contribution is -2.39. The van der Waals surface area contributed by atoms with Crippen LogP contribution in [0.4, 0.5) is 0 Å². The van der Waals surface area contributed by atoms with Crippen molar-refractivity contribution in [2.24, 2.45) is 5.73 Å². The Morgan fingerprint density at radius 3 is 2.89 bits per heavy atom. The third kappa shape index (κ3) is 3.56. The Kier molecular flexibility index (Phi) is 4.40. The second kappa shape index (κ2) is 5.85. The quantitative estimate of drug-likeness (QED) is 0.844. The van der Waals surface area contributed by atoms with E-state index in [1.54, 1.807) is 7.11 Å². The number of hydrogen-bond acceptors (Lipinski definition) is 3. The highest BCUT2D eigenvalue weighted by Crippen LogP contribution is 2.29. The number of nitrogens with zero attached hydrogens (tertiary/aromatic N) is 2. The lowest BCUT2D eigenvalue weighted by Gasteiger charge is -2.23. The van der Waals surface area contributed by atoms with Crippen molar-refractivity contribution >= 4 is 0 Å². The van der Waals surface area contributed by atoms with Gasteiger partial charge in [0, 0.05) is 31.9 Å². The van der Waals surface area contributed by atoms with Crippen LogP contribution in [0.1, 0.15) is 50.8 Å². The van der Waals surface area contributed by atoms with Gasteiger partial charge >= 0.3 is 0 Å². The van der Waals surface area contributed by atoms with Crippen LogP contribution < -0.4 is 5.73 Å². The van der Waals surface area contributed by atoms with Crippen LogP contribution in [0, 0.1) is 0 Å². The molecule has 1 atom stereocenters. The van der Waals surface area contributed by atoms with Gasteiger partial charge in [0.2, 0.25) is 0 Å². The first-order valence-electron chi connectivity index (χ1n) is 6.92. The molecule has 0 aliphatic heterocycles. The van der Waals surface area contributed by atoms with E-state index in [0.717, 1.165) is 18.5 Å². The van der Waals surface area contributed by atoms with E-state index in [-0.39, 0.29) is 5.54 Å². The van der Waals surface area contributed by atoms with E-state index in [1.165, 1.54) is 25.7 Å². The van der Waals surface area contributed by atoms with E-state index in [9.17, 15) is 0 Å². The van der Waals surface area contributed by atoms with Crippen LogP contribution in [-0.4, -0.2) is 29.0 Å². The molecule has 1 aromatic heterocycles. The average molecular weight is 251 g/mol. The first-order valence-corrected chi connectivity index (χ1v) is 6.92. The minimum Gasteiger partial charge on any atom is -0.385 e. The van der Waals surface area contributed by atoms with Crippen molar-refractivity contribution in [2.75, 3.05) is 13.7 Å². The predicted molar refractivity (Wildman–Crippen MR) is 72.5 cm³/mol. The third-order valence-corrected chi connectivity index (χ3v) is 3.82. The van der Waals surface area contributed by atoms with Crippen molar-refractivity contribution in [3.05, 3.63) is 18.0 Å². The van der Waals surface area contributed by atoms with Crippen LogP contribution in [0.2, 0.25) is 0 Å². The average Bonchev–Trinajstić information content (AvgIpc) is 2.95. The number of nitrogens with two attached hydrogens (primary N) is 1. The van der Waals surface area contributed by atoms with Gasteiger partial charge in [-0.05, 0) is 32.3 Å². The Morgan fingerprint density at radius 2 is 2.22 bits per heavy atom. The largest absolute Gasteiger partial charge is 0.385 e. The number of rotatable bonds is 6. The zero-order valence-corrected chi connectivity index (χ0v) is 11.6. The Hall–Kier alpha value is -0.870. The van der Waals surface area contributed by atoms with Crippen LogP contribution in [0.25, 0.3) is 0 Å². The highest BCUT2D eigenvalue weighted by atomic mass is 16.5. The van der Waals surface area contributed by atoms with Gasteiger partial charge in [-0.15, -0.1) is 0 Å². The summed E-state index contributed by atoms with van der Waals surface area (Å²) < 4.78 is 7.23. The fourth-order valence-electron chi connectivity index (χ4n) is 2.68. The molecule has 1 unspecified atom stereocenters. The zero-order chi connectivity index (χ0) is 13.0. The fraction of sp³-hybridized carbons (Fsp3) is 0.786. The highest BCUT2D eigenvalue weighted by Gasteiger charge is 2.22. The number of aromatic nitrogens is 2. The van der Waals surface area contributed by atoms with E-state index >= 15 is 0 Å². The minimum atomic E-state index is -0.231. The summed E-state index contributed by atoms with van der Waals surface area (Å²) in [6.07, 6.45) is 8.99. The molecular weight excluding hydrogens is 226 g/mol. The van der Waals surface area contributed by atoms with Crippen molar-refractivity contribution in [2.45, 2.75) is 57.0 Å². The molecular formula is C14H25N3O. The topological polar surface area (TPSA) is 53.1 Å². The van der Waals surface area contributed by atoms with E-state index < -0.39 is 0 Å². The summed E-state index contributed by atoms with van der Waals surface area (Å²) in [7, 11) is 1.71. The molecule has 0 aromatic carbocycles. The second-order valence-corrected chi connectivity index (χ2v) is 5.80. The zero-order valence-electron chi connectivity index (χ0n) is 11.6. The maximum atomic E-state index is 6.27. The van der Waals surface area contributed by atoms with Crippen LogP contribution >= 0.6 is 0 Å². The van der Waals surface area contributed by atoms with Gasteiger partial charge in [0.25, 0.3) is 0 Å². The molecule has 0 amide bonds. The molecule has 1 saturated carbocycles. The van der Waals surface area contributed by atoms with E-state index in [1.807, 2.05) is 0 Å². The SMILES string of the molecule is COCCC(C)(N)Cc1ccn(C2CCCC2)n1. The molecule has 102 valence electrons. The summed E-state index contributed by atoms with van der Waals surface area (Å²) in [6, 6.07) is 2.72. The lowest BCUT2D eigenvalue weighted by molar-refractivity contribution is 0.171. The van der Waals surface area contributed by atoms with Crippen molar-refractivity contribution < 1.29 is 4.74 Å². The summed E-state index contributed by atoms with van der Waals surface area (Å²) in [4.78, 5) is 0. The Morgan fingerprint density at radius 1 is 1.50 bits per heavy atom. The van der Waals surface area contributed by atoms with Gasteiger partial charge in [0.15, 0.2) is 0 Å². The molecule has 1 aliphatic rings. The van der Waals surface area contributed by atoms with Crippen LogP contribution in [0.3, 0.4) is 0 Å². The summed E-state index contributed by atoms with van der Waals surface area (Å²) in [5.41, 5.74) is 7.14. The number of hydrogen-bond donors (Lipinski definition) is 1. The summed E-state index contributed by atoms with van der Waals surface area (Å²) in [5, 5.41) is 4.68. The van der Waals surface area contributed by atoms with Crippen LogP contribution in [-0.2, 0) is 11.2 Å². The molecule has 2 rings (SSSR count). The molecule has 0 spiro atoms. The second-order valence-electron chi connectivity index (χ2n) is 5.80. The van der Waals surface area contributed by atoms with Crippen LogP contribution in [0.5, 0.6) is 0 Å². The van der Waals surface area contributed by atoms with Gasteiger partial charge < -0.3 is 10.5 Å². The molecule has 1 heterocycles. The highest BCUT2D eigenvalue weighted by molar-refractivity contribution is 5.05. The molecule has 0 saturated heterocycles. The van der Waals surface area contributed by atoms with E-state index in [4.69, 9.17) is 10.5 Å². The monoisotopic (exact) mass is 251 g/mol. The van der Waals surface area contributed by atoms with Gasteiger partial charge in [-0.3, -0.25) is 4.68 Å². The number of ether oxygens (including phenoxy) is 1. The molecule has 4 heteroatoms. The van der Waals surface area contributed by atoms with Gasteiger partial charge in [0.05, 0.1) is 11.7 Å². The molecule has 1 fully saturated rings. The van der Waals surface area contributed by atoms with Crippen molar-refractivity contribution in [3.63, 3.8) is 0 Å². The molecule has 4 nitrogen and oxygen atoms in total. The maximum absolute atomic E-state index is 6.27. The molecule has 0 radical (unpaired) electrons. The summed E-state index contributed by atoms with van der Waals surface area (Å²) in [5.74, 6) is 0. The summed E-state index contributed by atoms with van der Waals surface area (Å²) in [6.45, 7) is 2.77. The Balaban J connectivity index is 1.93. The van der Waals surface area contributed by atoms with Crippen LogP contribution in [0.15, 0.2) is 12.3 Å². The first kappa shape index (κ1) is 13.6. The van der Waals surface area contributed by atoms with Gasteiger partial charge in [0.1, 0.15) is 0 Å². The Labute approximate surface area is 110 Å². The normalized spacial score (nSPS) is 20.2. The van der Waals surface area contributed by atoms with E-state index in [0.29, 0.717) is 12.6 Å². The van der Waals surface area contributed by atoms with Gasteiger partial charge in [-0.2, -0.15) is 5.10 Å². The van der Waals surface area contributed by atoms with Gasteiger partial charge in [-0.25, -0.2) is 0 Å². The minimum absolute atomic E-state index is 0.231. The van der Waals surface area contributed by atoms with Crippen molar-refractivity contribution in [3.8, 4) is 0 Å². The van der Waals surface area contributed by atoms with Gasteiger partial charge in [-0.1, -0.05) is 12.8 Å². The van der Waals surface area contributed by atoms with Crippen molar-refractivity contribution in [1.29, 1.82) is 0 Å². The smallest absolute Gasteiger partial charge is 0.0642 e. The van der Waals surface area contributed by atoms with Crippen molar-refractivity contribution in [1.82, 2.24) is 9.78 Å². The third-order valence-electron chi connectivity index (χ3n) is 3.82. The molecule has 1 aliphatic carbocycles. The number of methoxy groups -OCH3 is 1. The predicted octanol–water partition coefficient (Wildman–Crippen LogP) is 2.29. The maximum Gasteiger partial charge on any atom is 0.0642 e. The Bertz CT molecular complexity index is 367. The molecule has 0 bridgehead atoms. The molecule has 18 heavy (non-hydrogen) atoms. The molecule has 1 aromatic rings. The lowest BCUT2D eigenvalue weighted by atomic mass is 9.94. The molecule has 2 N–H and O–H groups in total. The van der Waals surface area contributed by atoms with E-state index in [2.05, 4.69) is 29.0 Å². The standard InChI is InChI=1S/C14H25N3O/c1-14(15,8-10-18-2)11-12-7-9-17(16-12)13-5-3-4-6-13/h7,9,13H,3-6,8,10-11,15H2,1-2H3.